The molecule has 0 aliphatic rings. The van der Waals surface area contributed by atoms with Crippen LogP contribution in [-0.2, 0) is 0 Å². The molecule has 152 valence electrons. The summed E-state index contributed by atoms with van der Waals surface area (Å²) in [5, 5.41) is 4.62. The van der Waals surface area contributed by atoms with E-state index in [1.807, 2.05) is 65.0 Å². The molecule has 0 saturated carbocycles. The highest BCUT2D eigenvalue weighted by atomic mass is 16.2. The van der Waals surface area contributed by atoms with E-state index in [1.165, 1.54) is 5.56 Å². The fourth-order valence-corrected chi connectivity index (χ4v) is 3.59. The van der Waals surface area contributed by atoms with Crippen molar-refractivity contribution in [2.45, 2.75) is 60.4 Å². The van der Waals surface area contributed by atoms with Gasteiger partial charge in [0.2, 0.25) is 5.82 Å². The number of carbonyl (C=O) groups is 1. The standard InChI is InChI=1S/C24H30N4O/c1-15(2)20-10-8-9-11-21(20)28-19(7)25-23(26-28)24(29)27(16(3)4)22-14-17(5)12-13-18(22)6/h8-16H,1-7H3. The minimum atomic E-state index is -0.183. The van der Waals surface area contributed by atoms with Gasteiger partial charge in [-0.3, -0.25) is 4.79 Å². The lowest BCUT2D eigenvalue weighted by molar-refractivity contribution is 0.0970. The molecule has 1 amide bonds. The Labute approximate surface area is 173 Å². The molecule has 3 rings (SSSR count). The van der Waals surface area contributed by atoms with Crippen LogP contribution < -0.4 is 4.90 Å². The topological polar surface area (TPSA) is 51.0 Å². The second kappa shape index (κ2) is 8.19. The lowest BCUT2D eigenvalue weighted by Gasteiger charge is -2.27. The molecule has 0 aliphatic heterocycles. The summed E-state index contributed by atoms with van der Waals surface area (Å²) in [6, 6.07) is 14.3. The Morgan fingerprint density at radius 1 is 1.00 bits per heavy atom. The van der Waals surface area contributed by atoms with Gasteiger partial charge in [0.05, 0.1) is 5.69 Å². The molecule has 2 aromatic carbocycles. The minimum Gasteiger partial charge on any atom is -0.303 e. The number of carbonyl (C=O) groups excluding carboxylic acids is 1. The summed E-state index contributed by atoms with van der Waals surface area (Å²) < 4.78 is 1.78. The predicted molar refractivity (Wildman–Crippen MR) is 118 cm³/mol. The van der Waals surface area contributed by atoms with Gasteiger partial charge in [-0.15, -0.1) is 5.10 Å². The number of nitrogens with zero attached hydrogens (tertiary/aromatic N) is 4. The second-order valence-corrected chi connectivity index (χ2v) is 8.17. The first-order chi connectivity index (χ1) is 13.7. The van der Waals surface area contributed by atoms with Crippen LogP contribution in [-0.4, -0.2) is 26.7 Å². The second-order valence-electron chi connectivity index (χ2n) is 8.17. The average Bonchev–Trinajstić information content (AvgIpc) is 3.06. The molecule has 0 radical (unpaired) electrons. The maximum absolute atomic E-state index is 13.5. The SMILES string of the molecule is Cc1ccc(C)c(N(C(=O)c2nc(C)n(-c3ccccc3C(C)C)n2)C(C)C)c1. The van der Waals surface area contributed by atoms with Crippen molar-refractivity contribution in [2.75, 3.05) is 4.90 Å². The number of anilines is 1. The van der Waals surface area contributed by atoms with E-state index in [9.17, 15) is 4.79 Å². The van der Waals surface area contributed by atoms with Crippen LogP contribution in [0.2, 0.25) is 0 Å². The van der Waals surface area contributed by atoms with E-state index < -0.39 is 0 Å². The number of rotatable bonds is 5. The molecule has 1 aromatic heterocycles. The maximum atomic E-state index is 13.5. The highest BCUT2D eigenvalue weighted by Crippen LogP contribution is 2.26. The summed E-state index contributed by atoms with van der Waals surface area (Å²) in [5.74, 6) is 1.08. The van der Waals surface area contributed by atoms with E-state index in [0.29, 0.717) is 11.7 Å². The smallest absolute Gasteiger partial charge is 0.298 e. The third-order valence-corrected chi connectivity index (χ3v) is 5.11. The number of hydrogen-bond acceptors (Lipinski definition) is 3. The number of hydrogen-bond donors (Lipinski definition) is 0. The molecule has 0 aliphatic carbocycles. The molecular weight excluding hydrogens is 360 g/mol. The van der Waals surface area contributed by atoms with Crippen molar-refractivity contribution in [1.29, 1.82) is 0 Å². The van der Waals surface area contributed by atoms with E-state index in [4.69, 9.17) is 0 Å². The van der Waals surface area contributed by atoms with Gasteiger partial charge in [-0.25, -0.2) is 9.67 Å². The fourth-order valence-electron chi connectivity index (χ4n) is 3.59. The average molecular weight is 391 g/mol. The van der Waals surface area contributed by atoms with Gasteiger partial charge < -0.3 is 4.90 Å². The molecule has 1 heterocycles. The van der Waals surface area contributed by atoms with Crippen molar-refractivity contribution in [3.63, 3.8) is 0 Å². The monoisotopic (exact) mass is 390 g/mol. The minimum absolute atomic E-state index is 0.0155. The van der Waals surface area contributed by atoms with Crippen molar-refractivity contribution >= 4 is 11.6 Å². The third kappa shape index (κ3) is 4.09. The van der Waals surface area contributed by atoms with Crippen molar-refractivity contribution < 1.29 is 4.79 Å². The Morgan fingerprint density at radius 3 is 2.34 bits per heavy atom. The number of aromatic nitrogens is 3. The zero-order valence-corrected chi connectivity index (χ0v) is 18.4. The van der Waals surface area contributed by atoms with Crippen LogP contribution in [0.25, 0.3) is 5.69 Å². The van der Waals surface area contributed by atoms with E-state index >= 15 is 0 Å². The lowest BCUT2D eigenvalue weighted by atomic mass is 10.0. The number of amides is 1. The molecule has 0 saturated heterocycles. The van der Waals surface area contributed by atoms with Gasteiger partial charge in [-0.05, 0) is 69.4 Å². The Hall–Kier alpha value is -2.95. The van der Waals surface area contributed by atoms with E-state index in [0.717, 1.165) is 22.5 Å². The van der Waals surface area contributed by atoms with Crippen LogP contribution >= 0.6 is 0 Å². The Balaban J connectivity index is 2.06. The number of para-hydroxylation sites is 1. The fraction of sp³-hybridized carbons (Fsp3) is 0.375. The zero-order chi connectivity index (χ0) is 21.3. The summed E-state index contributed by atoms with van der Waals surface area (Å²) in [6.45, 7) is 14.3. The predicted octanol–water partition coefficient (Wildman–Crippen LogP) is 5.37. The third-order valence-electron chi connectivity index (χ3n) is 5.11. The molecular formula is C24H30N4O. The molecule has 0 spiro atoms. The van der Waals surface area contributed by atoms with Crippen molar-refractivity contribution in [1.82, 2.24) is 14.8 Å². The largest absolute Gasteiger partial charge is 0.303 e. The zero-order valence-electron chi connectivity index (χ0n) is 18.4. The molecule has 5 heteroatoms. The number of benzene rings is 2. The first kappa shape index (κ1) is 20.8. The molecule has 3 aromatic rings. The van der Waals surface area contributed by atoms with Gasteiger partial charge >= 0.3 is 0 Å². The van der Waals surface area contributed by atoms with Crippen LogP contribution in [0, 0.1) is 20.8 Å². The Bertz CT molecular complexity index is 1030. The molecule has 0 fully saturated rings. The van der Waals surface area contributed by atoms with Gasteiger partial charge in [-0.2, -0.15) is 0 Å². The van der Waals surface area contributed by atoms with Crippen LogP contribution in [0.1, 0.15) is 66.7 Å². The van der Waals surface area contributed by atoms with E-state index in [2.05, 4.69) is 36.1 Å². The maximum Gasteiger partial charge on any atom is 0.298 e. The number of aryl methyl sites for hydroxylation is 3. The summed E-state index contributed by atoms with van der Waals surface area (Å²) >= 11 is 0. The molecule has 0 atom stereocenters. The van der Waals surface area contributed by atoms with E-state index in [-0.39, 0.29) is 17.8 Å². The summed E-state index contributed by atoms with van der Waals surface area (Å²) in [7, 11) is 0. The molecule has 0 N–H and O–H groups in total. The quantitative estimate of drug-likeness (QED) is 0.588. The lowest BCUT2D eigenvalue weighted by Crippen LogP contribution is -2.38. The summed E-state index contributed by atoms with van der Waals surface area (Å²) in [5.41, 5.74) is 5.22. The van der Waals surface area contributed by atoms with Crippen LogP contribution in [0.3, 0.4) is 0 Å². The molecule has 0 bridgehead atoms. The van der Waals surface area contributed by atoms with E-state index in [1.54, 1.807) is 9.58 Å². The van der Waals surface area contributed by atoms with Crippen LogP contribution in [0.15, 0.2) is 42.5 Å². The first-order valence-corrected chi connectivity index (χ1v) is 10.1. The summed E-state index contributed by atoms with van der Waals surface area (Å²) in [4.78, 5) is 19.8. The molecule has 29 heavy (non-hydrogen) atoms. The van der Waals surface area contributed by atoms with Crippen molar-refractivity contribution in [2.24, 2.45) is 0 Å². The van der Waals surface area contributed by atoms with Crippen LogP contribution in [0.5, 0.6) is 0 Å². The van der Waals surface area contributed by atoms with Gasteiger partial charge in [0.1, 0.15) is 5.82 Å². The molecule has 5 nitrogen and oxygen atoms in total. The van der Waals surface area contributed by atoms with Crippen molar-refractivity contribution in [3.05, 3.63) is 70.8 Å². The summed E-state index contributed by atoms with van der Waals surface area (Å²) in [6.07, 6.45) is 0. The first-order valence-electron chi connectivity index (χ1n) is 10.1. The Morgan fingerprint density at radius 2 is 1.69 bits per heavy atom. The van der Waals surface area contributed by atoms with Crippen LogP contribution in [0.4, 0.5) is 5.69 Å². The van der Waals surface area contributed by atoms with Gasteiger partial charge in [0, 0.05) is 11.7 Å². The van der Waals surface area contributed by atoms with Crippen molar-refractivity contribution in [3.8, 4) is 5.69 Å². The Kier molecular flexibility index (Phi) is 5.87. The highest BCUT2D eigenvalue weighted by Gasteiger charge is 2.27. The van der Waals surface area contributed by atoms with Gasteiger partial charge in [-0.1, -0.05) is 44.2 Å². The normalized spacial score (nSPS) is 11.3. The van der Waals surface area contributed by atoms with Gasteiger partial charge in [0.25, 0.3) is 5.91 Å². The highest BCUT2D eigenvalue weighted by molar-refractivity contribution is 6.04. The van der Waals surface area contributed by atoms with Gasteiger partial charge in [0.15, 0.2) is 0 Å². The molecule has 0 unspecified atom stereocenters.